The van der Waals surface area contributed by atoms with Gasteiger partial charge in [0.15, 0.2) is 0 Å². The summed E-state index contributed by atoms with van der Waals surface area (Å²) >= 11 is 0. The molecule has 3 aromatic carbocycles. The molecule has 0 saturated heterocycles. The van der Waals surface area contributed by atoms with E-state index in [1.807, 2.05) is 62.4 Å². The Morgan fingerprint density at radius 2 is 1.81 bits per heavy atom. The van der Waals surface area contributed by atoms with Gasteiger partial charge in [0.2, 0.25) is 0 Å². The number of carbonyl (C=O) groups is 2. The van der Waals surface area contributed by atoms with Crippen LogP contribution in [0.25, 0.3) is 22.2 Å². The molecule has 0 atom stereocenters. The fourth-order valence-corrected chi connectivity index (χ4v) is 3.98. The molecular formula is C25H20N4O2. The van der Waals surface area contributed by atoms with E-state index < -0.39 is 0 Å². The smallest absolute Gasteiger partial charge is 0.272 e. The first-order valence-electron chi connectivity index (χ1n) is 9.99. The van der Waals surface area contributed by atoms with Gasteiger partial charge in [0.1, 0.15) is 0 Å². The molecular weight excluding hydrogens is 388 g/mol. The molecule has 152 valence electrons. The van der Waals surface area contributed by atoms with Gasteiger partial charge in [-0.1, -0.05) is 42.5 Å². The Morgan fingerprint density at radius 1 is 1.00 bits per heavy atom. The van der Waals surface area contributed by atoms with Crippen LogP contribution >= 0.6 is 0 Å². The van der Waals surface area contributed by atoms with E-state index >= 15 is 0 Å². The Balaban J connectivity index is 1.64. The van der Waals surface area contributed by atoms with Crippen molar-refractivity contribution in [3.63, 3.8) is 0 Å². The normalized spacial score (nSPS) is 12.5. The van der Waals surface area contributed by atoms with Crippen LogP contribution in [0.1, 0.15) is 37.4 Å². The molecule has 0 unspecified atom stereocenters. The van der Waals surface area contributed by atoms with Gasteiger partial charge in [-0.25, -0.2) is 5.43 Å². The second-order valence-electron chi connectivity index (χ2n) is 7.63. The lowest BCUT2D eigenvalue weighted by Crippen LogP contribution is -2.18. The molecule has 6 heteroatoms. The van der Waals surface area contributed by atoms with Crippen molar-refractivity contribution < 1.29 is 9.59 Å². The minimum Gasteiger partial charge on any atom is -0.354 e. The van der Waals surface area contributed by atoms with Gasteiger partial charge >= 0.3 is 0 Å². The first-order valence-corrected chi connectivity index (χ1v) is 9.99. The summed E-state index contributed by atoms with van der Waals surface area (Å²) in [5, 5.41) is 7.80. The van der Waals surface area contributed by atoms with Crippen LogP contribution in [0.2, 0.25) is 0 Å². The molecule has 31 heavy (non-hydrogen) atoms. The van der Waals surface area contributed by atoms with Crippen molar-refractivity contribution in [1.29, 1.82) is 0 Å². The lowest BCUT2D eigenvalue weighted by molar-refractivity contribution is 0.0955. The van der Waals surface area contributed by atoms with Crippen LogP contribution in [0, 0.1) is 13.8 Å². The maximum atomic E-state index is 12.9. The Morgan fingerprint density at radius 3 is 2.61 bits per heavy atom. The van der Waals surface area contributed by atoms with E-state index in [1.165, 1.54) is 0 Å². The van der Waals surface area contributed by atoms with Crippen LogP contribution in [0.5, 0.6) is 0 Å². The minimum absolute atomic E-state index is 0.215. The van der Waals surface area contributed by atoms with Crippen LogP contribution in [0.4, 0.5) is 5.69 Å². The number of hydrogen-bond donors (Lipinski definition) is 3. The number of carbonyl (C=O) groups excluding carboxylic acids is 2. The average molecular weight is 408 g/mol. The van der Waals surface area contributed by atoms with Crippen LogP contribution in [-0.4, -0.2) is 23.0 Å². The molecule has 0 aliphatic carbocycles. The predicted molar refractivity (Wildman–Crippen MR) is 123 cm³/mol. The maximum absolute atomic E-state index is 12.9. The van der Waals surface area contributed by atoms with Crippen LogP contribution in [0.15, 0.2) is 65.8 Å². The van der Waals surface area contributed by atoms with E-state index in [2.05, 4.69) is 20.8 Å². The van der Waals surface area contributed by atoms with Gasteiger partial charge in [-0.05, 0) is 48.7 Å². The van der Waals surface area contributed by atoms with E-state index in [-0.39, 0.29) is 11.8 Å². The maximum Gasteiger partial charge on any atom is 0.272 e. The van der Waals surface area contributed by atoms with E-state index in [0.717, 1.165) is 38.9 Å². The molecule has 0 bridgehead atoms. The largest absolute Gasteiger partial charge is 0.354 e. The molecule has 2 amide bonds. The molecule has 2 heterocycles. The minimum atomic E-state index is -0.318. The van der Waals surface area contributed by atoms with Gasteiger partial charge in [-0.2, -0.15) is 5.10 Å². The topological polar surface area (TPSA) is 86.3 Å². The Kier molecular flexibility index (Phi) is 4.40. The quantitative estimate of drug-likeness (QED) is 0.456. The lowest BCUT2D eigenvalue weighted by Gasteiger charge is -2.11. The second kappa shape index (κ2) is 7.25. The number of nitrogens with zero attached hydrogens (tertiary/aromatic N) is 1. The summed E-state index contributed by atoms with van der Waals surface area (Å²) in [6, 6.07) is 19.1. The zero-order chi connectivity index (χ0) is 21.5. The third-order valence-corrected chi connectivity index (χ3v) is 5.71. The fourth-order valence-electron chi connectivity index (χ4n) is 3.98. The Bertz CT molecular complexity index is 1380. The summed E-state index contributed by atoms with van der Waals surface area (Å²) in [5.74, 6) is -0.533. The standard InChI is InChI=1S/C25H20N4O2/c1-14-7-6-10-18(15(14)2)24(30)27-17-11-19-22-20(13-26-29-25(19)31)23(28-21(22)12-17)16-8-4-3-5-9-16/h3-13,28H,1-2H3,(H,27,30)(H,29,31). The van der Waals surface area contributed by atoms with Gasteiger partial charge in [0.05, 0.1) is 17.5 Å². The zero-order valence-corrected chi connectivity index (χ0v) is 17.1. The highest BCUT2D eigenvalue weighted by molar-refractivity contribution is 6.18. The van der Waals surface area contributed by atoms with Crippen molar-refractivity contribution in [1.82, 2.24) is 10.4 Å². The predicted octanol–water partition coefficient (Wildman–Crippen LogP) is 4.78. The van der Waals surface area contributed by atoms with Gasteiger partial charge < -0.3 is 10.3 Å². The lowest BCUT2D eigenvalue weighted by atomic mass is 10.0. The van der Waals surface area contributed by atoms with Crippen molar-refractivity contribution in [2.24, 2.45) is 5.10 Å². The average Bonchev–Trinajstić information content (AvgIpc) is 3.05. The summed E-state index contributed by atoms with van der Waals surface area (Å²) in [6.45, 7) is 3.90. The molecule has 1 aliphatic heterocycles. The highest BCUT2D eigenvalue weighted by Gasteiger charge is 2.22. The summed E-state index contributed by atoms with van der Waals surface area (Å²) in [6.07, 6.45) is 1.66. The first kappa shape index (κ1) is 18.8. The third-order valence-electron chi connectivity index (χ3n) is 5.71. The highest BCUT2D eigenvalue weighted by atomic mass is 16.2. The summed E-state index contributed by atoms with van der Waals surface area (Å²) in [7, 11) is 0. The Hall–Kier alpha value is -4.19. The van der Waals surface area contributed by atoms with Gasteiger partial charge in [0.25, 0.3) is 11.8 Å². The fraction of sp³-hybridized carbons (Fsp3) is 0.0800. The van der Waals surface area contributed by atoms with Crippen LogP contribution < -0.4 is 10.7 Å². The zero-order valence-electron chi connectivity index (χ0n) is 17.1. The van der Waals surface area contributed by atoms with Gasteiger partial charge in [0, 0.05) is 27.7 Å². The molecule has 0 saturated carbocycles. The Labute approximate surface area is 179 Å². The first-order chi connectivity index (χ1) is 15.0. The van der Waals surface area contributed by atoms with Gasteiger partial charge in [-0.3, -0.25) is 9.59 Å². The highest BCUT2D eigenvalue weighted by Crippen LogP contribution is 2.34. The number of anilines is 1. The summed E-state index contributed by atoms with van der Waals surface area (Å²) < 4.78 is 0. The number of amides is 2. The molecule has 6 nitrogen and oxygen atoms in total. The number of aromatic nitrogens is 1. The molecule has 3 N–H and O–H groups in total. The third kappa shape index (κ3) is 3.18. The van der Waals surface area contributed by atoms with E-state index in [0.29, 0.717) is 16.8 Å². The number of aryl methyl sites for hydroxylation is 1. The monoisotopic (exact) mass is 408 g/mol. The van der Waals surface area contributed by atoms with Crippen molar-refractivity contribution in [2.45, 2.75) is 13.8 Å². The molecule has 5 rings (SSSR count). The second-order valence-corrected chi connectivity index (χ2v) is 7.63. The summed E-state index contributed by atoms with van der Waals surface area (Å²) in [4.78, 5) is 29.0. The number of nitrogens with one attached hydrogen (secondary N) is 3. The van der Waals surface area contributed by atoms with E-state index in [4.69, 9.17) is 0 Å². The molecule has 0 radical (unpaired) electrons. The van der Waals surface area contributed by atoms with Crippen LogP contribution in [-0.2, 0) is 0 Å². The van der Waals surface area contributed by atoms with Crippen molar-refractivity contribution >= 4 is 34.6 Å². The molecule has 1 aliphatic rings. The number of hydrazone groups is 1. The number of rotatable bonds is 3. The summed E-state index contributed by atoms with van der Waals surface area (Å²) in [5.41, 5.74) is 9.58. The SMILES string of the molecule is Cc1cccc(C(=O)Nc2cc3c4c(c(-c5ccccc5)[nH]c4c2)C=NNC3=O)c1C. The number of benzene rings is 3. The number of hydrogen-bond acceptors (Lipinski definition) is 3. The number of H-pyrrole nitrogens is 1. The van der Waals surface area contributed by atoms with E-state index in [9.17, 15) is 9.59 Å². The van der Waals surface area contributed by atoms with Crippen molar-refractivity contribution in [3.8, 4) is 11.3 Å². The van der Waals surface area contributed by atoms with E-state index in [1.54, 1.807) is 18.3 Å². The van der Waals surface area contributed by atoms with Gasteiger partial charge in [-0.15, -0.1) is 0 Å². The number of aromatic amines is 1. The van der Waals surface area contributed by atoms with Crippen molar-refractivity contribution in [3.05, 3.63) is 88.5 Å². The van der Waals surface area contributed by atoms with Crippen molar-refractivity contribution in [2.75, 3.05) is 5.32 Å². The molecule has 0 fully saturated rings. The molecule has 4 aromatic rings. The molecule has 0 spiro atoms. The molecule has 1 aromatic heterocycles. The van der Waals surface area contributed by atoms with Crippen LogP contribution in [0.3, 0.4) is 0 Å².